The van der Waals surface area contributed by atoms with E-state index in [2.05, 4.69) is 0 Å². The van der Waals surface area contributed by atoms with Crippen LogP contribution >= 0.6 is 11.6 Å². The highest BCUT2D eigenvalue weighted by molar-refractivity contribution is 6.29. The van der Waals surface area contributed by atoms with Crippen LogP contribution in [0.3, 0.4) is 0 Å². The van der Waals surface area contributed by atoms with Crippen LogP contribution in [0.25, 0.3) is 0 Å². The topological polar surface area (TPSA) is 37.4 Å². The summed E-state index contributed by atoms with van der Waals surface area (Å²) >= 11 is 5.40. The number of carbonyl (C=O) groups is 2. The van der Waals surface area contributed by atoms with E-state index in [0.29, 0.717) is 10.5 Å². The van der Waals surface area contributed by atoms with Gasteiger partial charge in [0.2, 0.25) is 0 Å². The molecule has 0 spiro atoms. The summed E-state index contributed by atoms with van der Waals surface area (Å²) in [6.45, 7) is 0. The van der Waals surface area contributed by atoms with Crippen molar-refractivity contribution in [3.63, 3.8) is 0 Å². The van der Waals surface area contributed by atoms with Crippen LogP contribution in [0.5, 0.6) is 0 Å². The van der Waals surface area contributed by atoms with Gasteiger partial charge in [0.25, 0.3) is 0 Å². The molecule has 3 nitrogen and oxygen atoms in total. The van der Waals surface area contributed by atoms with E-state index in [4.69, 9.17) is 11.6 Å². The molecular weight excluding hydrogens is 314 g/mol. The molecule has 0 N–H and O–H groups in total. The minimum Gasteiger partial charge on any atom is -0.296 e. The average Bonchev–Trinajstić information content (AvgIpc) is 2.84. The lowest BCUT2D eigenvalue weighted by Gasteiger charge is -2.27. The second-order valence-corrected chi connectivity index (χ2v) is 4.81. The number of nitrogens with zero attached hydrogens (tertiary/aromatic N) is 1. The number of carbonyl (C=O) groups excluding carboxylic acids is 2. The molecule has 0 bridgehead atoms. The van der Waals surface area contributed by atoms with E-state index >= 15 is 0 Å². The number of para-hydroxylation sites is 1. The Morgan fingerprint density at radius 3 is 2.52 bits per heavy atom. The molecule has 2 rings (SSSR count). The van der Waals surface area contributed by atoms with Crippen molar-refractivity contribution in [2.24, 2.45) is 0 Å². The fourth-order valence-corrected chi connectivity index (χ4v) is 2.42. The van der Waals surface area contributed by atoms with Crippen LogP contribution in [0.2, 0.25) is 0 Å². The molecule has 114 valence electrons. The van der Waals surface area contributed by atoms with Gasteiger partial charge in [0.1, 0.15) is 6.04 Å². The summed E-state index contributed by atoms with van der Waals surface area (Å²) in [6.07, 6.45) is -4.17. The maximum atomic E-state index is 13.3. The maximum Gasteiger partial charge on any atom is 0.384 e. The van der Waals surface area contributed by atoms with Crippen LogP contribution < -0.4 is 4.90 Å². The monoisotopic (exact) mass is 323 g/mol. The smallest absolute Gasteiger partial charge is 0.296 e. The van der Waals surface area contributed by atoms with Crippen molar-refractivity contribution in [2.45, 2.75) is 24.8 Å². The summed E-state index contributed by atoms with van der Waals surface area (Å²) in [5.74, 6) is -8.12. The molecule has 0 aliphatic carbocycles. The molecule has 1 aromatic carbocycles. The Kier molecular flexibility index (Phi) is 4.22. The van der Waals surface area contributed by atoms with E-state index in [0.717, 1.165) is 0 Å². The number of anilines is 1. The molecule has 1 aliphatic rings. The fraction of sp³-hybridized carbons (Fsp3) is 0.385. The minimum atomic E-state index is -4.86. The third-order valence-electron chi connectivity index (χ3n) is 3.26. The van der Waals surface area contributed by atoms with Gasteiger partial charge in [0.05, 0.1) is 5.88 Å². The summed E-state index contributed by atoms with van der Waals surface area (Å²) in [6, 6.07) is 4.65. The summed E-state index contributed by atoms with van der Waals surface area (Å²) in [7, 11) is 0. The Labute approximate surface area is 122 Å². The first kappa shape index (κ1) is 15.8. The Bertz CT molecular complexity index is 579. The Hall–Kier alpha value is -1.63. The lowest BCUT2D eigenvalue weighted by Crippen LogP contribution is -2.53. The first-order valence-corrected chi connectivity index (χ1v) is 6.50. The number of Topliss-reactive ketones (excluding diaryl/α,β-unsaturated/α-hetero) is 1. The molecule has 8 heteroatoms. The summed E-state index contributed by atoms with van der Waals surface area (Å²) in [4.78, 5) is 24.0. The zero-order chi connectivity index (χ0) is 15.8. The Balaban J connectivity index is 2.46. The first-order valence-electron chi connectivity index (χ1n) is 5.97. The average molecular weight is 324 g/mol. The zero-order valence-electron chi connectivity index (χ0n) is 10.5. The third-order valence-corrected chi connectivity index (χ3v) is 3.52. The number of ketones is 1. The van der Waals surface area contributed by atoms with Gasteiger partial charge < -0.3 is 0 Å². The quantitative estimate of drug-likeness (QED) is 0.631. The van der Waals surface area contributed by atoms with Crippen LogP contribution in [-0.4, -0.2) is 36.0 Å². The number of alkyl halides is 5. The van der Waals surface area contributed by atoms with Gasteiger partial charge in [0.15, 0.2) is 5.78 Å². The minimum absolute atomic E-state index is 0.0210. The van der Waals surface area contributed by atoms with E-state index in [1.165, 1.54) is 18.2 Å². The second kappa shape index (κ2) is 5.63. The van der Waals surface area contributed by atoms with Crippen molar-refractivity contribution in [1.82, 2.24) is 0 Å². The molecule has 0 fully saturated rings. The lowest BCUT2D eigenvalue weighted by molar-refractivity contribution is -0.167. The maximum absolute atomic E-state index is 13.3. The number of halogens is 5. The van der Waals surface area contributed by atoms with E-state index < -0.39 is 36.0 Å². The molecule has 1 aromatic rings. The van der Waals surface area contributed by atoms with Gasteiger partial charge in [-0.2, -0.15) is 8.78 Å². The molecule has 0 saturated heterocycles. The molecule has 0 saturated carbocycles. The molecule has 0 radical (unpaired) electrons. The number of amides is 1. The van der Waals surface area contributed by atoms with Gasteiger partial charge in [-0.1, -0.05) is 18.2 Å². The molecular formula is C13H10ClF4NO2. The van der Waals surface area contributed by atoms with Crippen molar-refractivity contribution >= 4 is 29.0 Å². The zero-order valence-corrected chi connectivity index (χ0v) is 11.3. The summed E-state index contributed by atoms with van der Waals surface area (Å²) < 4.78 is 51.5. The summed E-state index contributed by atoms with van der Waals surface area (Å²) in [5.41, 5.74) is 0.491. The summed E-state index contributed by atoms with van der Waals surface area (Å²) in [5, 5.41) is 0. The van der Waals surface area contributed by atoms with Crippen LogP contribution in [-0.2, 0) is 16.0 Å². The van der Waals surface area contributed by atoms with Gasteiger partial charge in [-0.3, -0.25) is 14.5 Å². The second-order valence-electron chi connectivity index (χ2n) is 4.55. The molecule has 1 aliphatic heterocycles. The molecule has 1 atom stereocenters. The van der Waals surface area contributed by atoms with Crippen LogP contribution in [0.1, 0.15) is 5.56 Å². The highest BCUT2D eigenvalue weighted by atomic mass is 35.5. The number of rotatable bonds is 4. The Morgan fingerprint density at radius 2 is 1.95 bits per heavy atom. The third kappa shape index (κ3) is 2.62. The normalized spacial score (nSPS) is 18.0. The van der Waals surface area contributed by atoms with Crippen molar-refractivity contribution in [3.05, 3.63) is 29.8 Å². The number of hydrogen-bond donors (Lipinski definition) is 0. The van der Waals surface area contributed by atoms with Gasteiger partial charge in [-0.05, 0) is 11.6 Å². The van der Waals surface area contributed by atoms with Crippen molar-refractivity contribution in [1.29, 1.82) is 0 Å². The predicted molar refractivity (Wildman–Crippen MR) is 68.1 cm³/mol. The number of fused-ring (bicyclic) bond motifs is 1. The van der Waals surface area contributed by atoms with E-state index in [9.17, 15) is 27.2 Å². The van der Waals surface area contributed by atoms with Gasteiger partial charge in [0, 0.05) is 12.1 Å². The molecule has 0 aromatic heterocycles. The van der Waals surface area contributed by atoms with E-state index in [1.54, 1.807) is 6.07 Å². The van der Waals surface area contributed by atoms with Gasteiger partial charge in [-0.25, -0.2) is 8.78 Å². The molecule has 1 heterocycles. The number of hydrogen-bond acceptors (Lipinski definition) is 2. The van der Waals surface area contributed by atoms with Crippen LogP contribution in [0.4, 0.5) is 23.2 Å². The molecule has 1 amide bonds. The van der Waals surface area contributed by atoms with Crippen LogP contribution in [0, 0.1) is 0 Å². The SMILES string of the molecule is O=C(CCl)C1Cc2ccccc2N1C(=O)C(F)(F)C(F)F. The van der Waals surface area contributed by atoms with Crippen LogP contribution in [0.15, 0.2) is 24.3 Å². The van der Waals surface area contributed by atoms with E-state index in [1.807, 2.05) is 0 Å². The number of benzene rings is 1. The molecule has 1 unspecified atom stereocenters. The standard InChI is InChI=1S/C13H10ClF4NO2/c14-6-10(20)9-5-7-3-1-2-4-8(7)19(9)12(21)13(17,18)11(15)16/h1-4,9,11H,5-6H2. The highest BCUT2D eigenvalue weighted by Crippen LogP contribution is 2.37. The largest absolute Gasteiger partial charge is 0.384 e. The van der Waals surface area contributed by atoms with Gasteiger partial charge >= 0.3 is 18.3 Å². The van der Waals surface area contributed by atoms with Crippen molar-refractivity contribution < 1.29 is 27.2 Å². The lowest BCUT2D eigenvalue weighted by atomic mass is 10.1. The van der Waals surface area contributed by atoms with Gasteiger partial charge in [-0.15, -0.1) is 11.6 Å². The fourth-order valence-electron chi connectivity index (χ4n) is 2.24. The Morgan fingerprint density at radius 1 is 1.33 bits per heavy atom. The van der Waals surface area contributed by atoms with E-state index in [-0.39, 0.29) is 12.1 Å². The highest BCUT2D eigenvalue weighted by Gasteiger charge is 2.54. The van der Waals surface area contributed by atoms with Crippen molar-refractivity contribution in [3.8, 4) is 0 Å². The van der Waals surface area contributed by atoms with Crippen molar-refractivity contribution in [2.75, 3.05) is 10.8 Å². The molecule has 21 heavy (non-hydrogen) atoms. The first-order chi connectivity index (χ1) is 9.80. The predicted octanol–water partition coefficient (Wildman–Crippen LogP) is 2.65.